The lowest BCUT2D eigenvalue weighted by molar-refractivity contribution is -0.110. The van der Waals surface area contributed by atoms with Crippen LogP contribution in [0, 0.1) is 19.7 Å². The van der Waals surface area contributed by atoms with E-state index in [4.69, 9.17) is 4.74 Å². The number of carbonyl (C=O) groups excluding carboxylic acids is 1. The molecule has 2 aromatic rings. The second-order valence-electron chi connectivity index (χ2n) is 8.29. The van der Waals surface area contributed by atoms with E-state index in [-0.39, 0.29) is 11.7 Å². The van der Waals surface area contributed by atoms with Gasteiger partial charge < -0.3 is 25.5 Å². The Labute approximate surface area is 187 Å². The summed E-state index contributed by atoms with van der Waals surface area (Å²) < 4.78 is 19.1. The number of aromatic nitrogens is 1. The zero-order valence-corrected chi connectivity index (χ0v) is 18.4. The average Bonchev–Trinajstić information content (AvgIpc) is 3.22. The minimum Gasteiger partial charge on any atom is -0.390 e. The summed E-state index contributed by atoms with van der Waals surface area (Å²) >= 11 is 0. The number of carbonyl (C=O) groups is 1. The Kier molecular flexibility index (Phi) is 6.45. The summed E-state index contributed by atoms with van der Waals surface area (Å²) in [6.45, 7) is 12.0. The number of nitrogens with zero attached hydrogens (tertiary/aromatic N) is 1. The number of nitrogens with one attached hydrogen (secondary N) is 3. The second kappa shape index (κ2) is 9.28. The first-order valence-electron chi connectivity index (χ1n) is 10.8. The molecule has 1 aromatic carbocycles. The molecular formula is C24H29FN4O3. The number of ether oxygens (including phenoxy) is 1. The van der Waals surface area contributed by atoms with Crippen LogP contribution in [0.2, 0.25) is 0 Å². The van der Waals surface area contributed by atoms with Crippen molar-refractivity contribution in [1.82, 2.24) is 15.2 Å². The van der Waals surface area contributed by atoms with Gasteiger partial charge in [0.05, 0.1) is 24.9 Å². The normalized spacial score (nSPS) is 18.5. The van der Waals surface area contributed by atoms with Crippen molar-refractivity contribution in [3.8, 4) is 0 Å². The molecule has 32 heavy (non-hydrogen) atoms. The number of amides is 1. The van der Waals surface area contributed by atoms with Crippen LogP contribution >= 0.6 is 0 Å². The number of benzene rings is 1. The topological polar surface area (TPSA) is 89.6 Å². The van der Waals surface area contributed by atoms with E-state index in [1.54, 1.807) is 12.1 Å². The van der Waals surface area contributed by atoms with Crippen molar-refractivity contribution in [2.75, 3.05) is 44.7 Å². The molecule has 0 saturated carbocycles. The van der Waals surface area contributed by atoms with Crippen LogP contribution < -0.4 is 10.6 Å². The van der Waals surface area contributed by atoms with Gasteiger partial charge in [-0.2, -0.15) is 0 Å². The zero-order chi connectivity index (χ0) is 22.8. The molecule has 1 atom stereocenters. The molecule has 1 fully saturated rings. The van der Waals surface area contributed by atoms with Crippen LogP contribution in [0.5, 0.6) is 0 Å². The van der Waals surface area contributed by atoms with Crippen LogP contribution in [0.3, 0.4) is 0 Å². The highest BCUT2D eigenvalue weighted by Crippen LogP contribution is 2.35. The van der Waals surface area contributed by atoms with E-state index >= 15 is 0 Å². The van der Waals surface area contributed by atoms with Gasteiger partial charge in [-0.3, -0.25) is 9.69 Å². The maximum atomic E-state index is 13.7. The van der Waals surface area contributed by atoms with Crippen molar-refractivity contribution in [2.24, 2.45) is 0 Å². The summed E-state index contributed by atoms with van der Waals surface area (Å²) in [5.41, 5.74) is 5.75. The van der Waals surface area contributed by atoms with Crippen molar-refractivity contribution in [1.29, 1.82) is 0 Å². The number of β-amino-alcohol motifs (C(OH)–C–C–N with tert-alkyl or cyclic N) is 1. The molecule has 4 rings (SSSR count). The Hall–Kier alpha value is -2.94. The smallest absolute Gasteiger partial charge is 0.256 e. The lowest BCUT2D eigenvalue weighted by Gasteiger charge is -2.28. The van der Waals surface area contributed by atoms with Gasteiger partial charge in [0.1, 0.15) is 5.82 Å². The first-order chi connectivity index (χ1) is 15.3. The number of aliphatic hydroxyl groups is 1. The van der Waals surface area contributed by atoms with Crippen LogP contribution in [0.25, 0.3) is 17.3 Å². The third kappa shape index (κ3) is 4.62. The fourth-order valence-corrected chi connectivity index (χ4v) is 4.29. The molecule has 0 aliphatic carbocycles. The van der Waals surface area contributed by atoms with Gasteiger partial charge in [0.25, 0.3) is 5.91 Å². The molecule has 1 unspecified atom stereocenters. The Bertz CT molecular complexity index is 1070. The number of morpholine rings is 1. The van der Waals surface area contributed by atoms with E-state index in [1.807, 2.05) is 13.8 Å². The monoisotopic (exact) mass is 440 g/mol. The van der Waals surface area contributed by atoms with Crippen molar-refractivity contribution in [2.45, 2.75) is 20.0 Å². The molecule has 170 valence electrons. The van der Waals surface area contributed by atoms with Crippen molar-refractivity contribution in [3.05, 3.63) is 58.7 Å². The van der Waals surface area contributed by atoms with Gasteiger partial charge >= 0.3 is 0 Å². The summed E-state index contributed by atoms with van der Waals surface area (Å²) in [4.78, 5) is 17.9. The molecule has 4 N–H and O–H groups in total. The maximum absolute atomic E-state index is 13.7. The number of anilines is 1. The fraction of sp³-hybridized carbons (Fsp3) is 0.375. The maximum Gasteiger partial charge on any atom is 0.256 e. The number of hydrogen-bond acceptors (Lipinski definition) is 5. The van der Waals surface area contributed by atoms with Crippen molar-refractivity contribution >= 4 is 28.9 Å². The standard InChI is InChI=1S/C24H29FN4O3/c1-14-22(11-20-19-10-17(25)4-5-21(19)28-24(20)31)27-16(3)23(14)15(2)26-12-18(30)13-29-6-8-32-9-7-29/h4-5,10-11,18,26-27,30H,2,6-9,12-13H2,1,3H3,(H,28,31)/b20-11-. The van der Waals surface area contributed by atoms with Gasteiger partial charge in [0, 0.05) is 60.1 Å². The summed E-state index contributed by atoms with van der Waals surface area (Å²) in [7, 11) is 0. The van der Waals surface area contributed by atoms with Gasteiger partial charge in [0.2, 0.25) is 0 Å². The van der Waals surface area contributed by atoms with Gasteiger partial charge in [-0.1, -0.05) is 6.58 Å². The molecule has 0 spiro atoms. The van der Waals surface area contributed by atoms with Crippen LogP contribution in [0.15, 0.2) is 24.8 Å². The Morgan fingerprint density at radius 2 is 2.12 bits per heavy atom. The fourth-order valence-electron chi connectivity index (χ4n) is 4.29. The number of aryl methyl sites for hydroxylation is 1. The highest BCUT2D eigenvalue weighted by molar-refractivity contribution is 6.34. The van der Waals surface area contributed by atoms with E-state index in [2.05, 4.69) is 27.1 Å². The molecule has 0 radical (unpaired) electrons. The molecular weight excluding hydrogens is 411 g/mol. The average molecular weight is 441 g/mol. The predicted octanol–water partition coefficient (Wildman–Crippen LogP) is 2.52. The van der Waals surface area contributed by atoms with Crippen molar-refractivity contribution in [3.63, 3.8) is 0 Å². The van der Waals surface area contributed by atoms with Crippen LogP contribution in [-0.2, 0) is 9.53 Å². The molecule has 8 heteroatoms. The minimum atomic E-state index is -0.528. The third-order valence-electron chi connectivity index (χ3n) is 5.95. The molecule has 1 aromatic heterocycles. The number of rotatable bonds is 7. The Balaban J connectivity index is 1.47. The largest absolute Gasteiger partial charge is 0.390 e. The number of hydrogen-bond donors (Lipinski definition) is 4. The van der Waals surface area contributed by atoms with E-state index in [9.17, 15) is 14.3 Å². The summed E-state index contributed by atoms with van der Waals surface area (Å²) in [5, 5.41) is 16.4. The van der Waals surface area contributed by atoms with Crippen LogP contribution in [-0.4, -0.2) is 66.4 Å². The number of aliphatic hydroxyl groups excluding tert-OH is 1. The van der Waals surface area contributed by atoms with Crippen molar-refractivity contribution < 1.29 is 19.0 Å². The van der Waals surface area contributed by atoms with E-state index < -0.39 is 6.10 Å². The van der Waals surface area contributed by atoms with Gasteiger partial charge in [-0.15, -0.1) is 0 Å². The van der Waals surface area contributed by atoms with E-state index in [1.165, 1.54) is 12.1 Å². The highest BCUT2D eigenvalue weighted by atomic mass is 19.1. The van der Waals surface area contributed by atoms with Crippen LogP contribution in [0.4, 0.5) is 10.1 Å². The molecule has 0 bridgehead atoms. The summed E-state index contributed by atoms with van der Waals surface area (Å²) in [6, 6.07) is 4.25. The first-order valence-corrected chi connectivity index (χ1v) is 10.8. The Morgan fingerprint density at radius 3 is 2.88 bits per heavy atom. The SMILES string of the molecule is C=C(NCC(O)CN1CCOCC1)c1c(C)[nH]c(/C=C2\C(=O)Nc3ccc(F)cc32)c1C. The summed E-state index contributed by atoms with van der Waals surface area (Å²) in [6.07, 6.45) is 1.21. The third-order valence-corrected chi connectivity index (χ3v) is 5.95. The zero-order valence-electron chi connectivity index (χ0n) is 18.4. The number of fused-ring (bicyclic) bond motifs is 1. The van der Waals surface area contributed by atoms with E-state index in [0.29, 0.717) is 48.8 Å². The molecule has 2 aliphatic rings. The second-order valence-corrected chi connectivity index (χ2v) is 8.29. The lowest BCUT2D eigenvalue weighted by atomic mass is 10.0. The number of halogens is 1. The molecule has 3 heterocycles. The van der Waals surface area contributed by atoms with Gasteiger partial charge in [-0.25, -0.2) is 4.39 Å². The molecule has 7 nitrogen and oxygen atoms in total. The summed E-state index contributed by atoms with van der Waals surface area (Å²) in [5.74, 6) is -0.651. The minimum absolute atomic E-state index is 0.262. The van der Waals surface area contributed by atoms with Gasteiger partial charge in [-0.05, 0) is 43.7 Å². The van der Waals surface area contributed by atoms with Crippen LogP contribution in [0.1, 0.15) is 28.1 Å². The number of aromatic amines is 1. The molecule has 1 amide bonds. The highest BCUT2D eigenvalue weighted by Gasteiger charge is 2.25. The predicted molar refractivity (Wildman–Crippen MR) is 123 cm³/mol. The van der Waals surface area contributed by atoms with E-state index in [0.717, 1.165) is 35.6 Å². The number of H-pyrrole nitrogens is 1. The van der Waals surface area contributed by atoms with Gasteiger partial charge in [0.15, 0.2) is 0 Å². The quantitative estimate of drug-likeness (QED) is 0.497. The lowest BCUT2D eigenvalue weighted by Crippen LogP contribution is -2.43. The first kappa shape index (κ1) is 22.3. The molecule has 1 saturated heterocycles. The Morgan fingerprint density at radius 1 is 1.38 bits per heavy atom. The molecule has 2 aliphatic heterocycles.